The Kier molecular flexibility index (Phi) is 4.94. The monoisotopic (exact) mass is 260 g/mol. The van der Waals surface area contributed by atoms with E-state index in [1.54, 1.807) is 0 Å². The van der Waals surface area contributed by atoms with Crippen LogP contribution in [0.4, 0.5) is 0 Å². The number of hydrogen-bond donors (Lipinski definition) is 0. The first kappa shape index (κ1) is 14.0. The molecular formula is C16H24N2O. The minimum atomic E-state index is 0.133. The lowest BCUT2D eigenvalue weighted by molar-refractivity contribution is -0.135. The molecule has 0 atom stereocenters. The molecule has 1 aromatic rings. The molecule has 2 heterocycles. The van der Waals surface area contributed by atoms with E-state index in [1.165, 1.54) is 12.0 Å². The minimum Gasteiger partial charge on any atom is -0.342 e. The lowest BCUT2D eigenvalue weighted by atomic mass is 9.90. The van der Waals surface area contributed by atoms with Crippen LogP contribution in [0.25, 0.3) is 0 Å². The average Bonchev–Trinajstić information content (AvgIpc) is 2.46. The highest BCUT2D eigenvalue weighted by Crippen LogP contribution is 2.23. The van der Waals surface area contributed by atoms with E-state index in [4.69, 9.17) is 0 Å². The van der Waals surface area contributed by atoms with Crippen molar-refractivity contribution in [2.75, 3.05) is 13.1 Å². The molecule has 0 aromatic carbocycles. The molecule has 3 nitrogen and oxygen atoms in total. The summed E-state index contributed by atoms with van der Waals surface area (Å²) in [6, 6.07) is 4.19. The van der Waals surface area contributed by atoms with Crippen molar-refractivity contribution in [1.29, 1.82) is 0 Å². The zero-order chi connectivity index (χ0) is 13.7. The van der Waals surface area contributed by atoms with Gasteiger partial charge in [-0.05, 0) is 49.3 Å². The molecule has 1 aliphatic heterocycles. The standard InChI is InChI=1S/C16H24N2O/c1-13(2)16(19)18-11-7-15(8-12-18)4-3-14-5-9-17-10-6-14/h5-6,9-10,13,15H,3-4,7-8,11-12H2,1-2H3. The zero-order valence-electron chi connectivity index (χ0n) is 12.0. The third kappa shape index (κ3) is 4.05. The van der Waals surface area contributed by atoms with Crippen LogP contribution in [0.2, 0.25) is 0 Å². The number of piperidine rings is 1. The van der Waals surface area contributed by atoms with Gasteiger partial charge in [-0.3, -0.25) is 9.78 Å². The second-order valence-corrected chi connectivity index (χ2v) is 5.82. The van der Waals surface area contributed by atoms with E-state index in [-0.39, 0.29) is 5.92 Å². The number of likely N-dealkylation sites (tertiary alicyclic amines) is 1. The van der Waals surface area contributed by atoms with Crippen LogP contribution >= 0.6 is 0 Å². The number of rotatable bonds is 4. The van der Waals surface area contributed by atoms with Gasteiger partial charge in [0.15, 0.2) is 0 Å². The predicted octanol–water partition coefficient (Wildman–Crippen LogP) is 2.91. The van der Waals surface area contributed by atoms with Gasteiger partial charge in [-0.25, -0.2) is 0 Å². The Hall–Kier alpha value is -1.38. The predicted molar refractivity (Wildman–Crippen MR) is 76.7 cm³/mol. The molecule has 0 aliphatic carbocycles. The number of amides is 1. The number of carbonyl (C=O) groups excluding carboxylic acids is 1. The van der Waals surface area contributed by atoms with Crippen LogP contribution < -0.4 is 0 Å². The van der Waals surface area contributed by atoms with Crippen LogP contribution in [0, 0.1) is 11.8 Å². The van der Waals surface area contributed by atoms with Crippen molar-refractivity contribution in [2.24, 2.45) is 11.8 Å². The highest BCUT2D eigenvalue weighted by Gasteiger charge is 2.23. The summed E-state index contributed by atoms with van der Waals surface area (Å²) in [5.41, 5.74) is 1.37. The van der Waals surface area contributed by atoms with E-state index in [0.29, 0.717) is 5.91 Å². The Morgan fingerprint density at radius 2 is 1.95 bits per heavy atom. The molecule has 1 aliphatic rings. The Labute approximate surface area is 116 Å². The van der Waals surface area contributed by atoms with Gasteiger partial charge >= 0.3 is 0 Å². The molecule has 0 saturated carbocycles. The summed E-state index contributed by atoms with van der Waals surface area (Å²) in [5, 5.41) is 0. The van der Waals surface area contributed by atoms with E-state index in [1.807, 2.05) is 31.1 Å². The highest BCUT2D eigenvalue weighted by molar-refractivity contribution is 5.78. The van der Waals surface area contributed by atoms with E-state index in [2.05, 4.69) is 17.1 Å². The van der Waals surface area contributed by atoms with Crippen molar-refractivity contribution in [1.82, 2.24) is 9.88 Å². The van der Waals surface area contributed by atoms with Crippen LogP contribution in [-0.2, 0) is 11.2 Å². The van der Waals surface area contributed by atoms with E-state index < -0.39 is 0 Å². The number of hydrogen-bond acceptors (Lipinski definition) is 2. The summed E-state index contributed by atoms with van der Waals surface area (Å²) >= 11 is 0. The number of aryl methyl sites for hydroxylation is 1. The quantitative estimate of drug-likeness (QED) is 0.834. The maximum absolute atomic E-state index is 11.9. The zero-order valence-corrected chi connectivity index (χ0v) is 12.0. The van der Waals surface area contributed by atoms with Crippen LogP contribution in [0.1, 0.15) is 38.7 Å². The summed E-state index contributed by atoms with van der Waals surface area (Å²) in [6.07, 6.45) is 8.39. The third-order valence-electron chi connectivity index (χ3n) is 4.01. The Morgan fingerprint density at radius 3 is 2.53 bits per heavy atom. The molecule has 1 amide bonds. The molecule has 0 N–H and O–H groups in total. The fourth-order valence-electron chi connectivity index (χ4n) is 2.73. The van der Waals surface area contributed by atoms with E-state index >= 15 is 0 Å². The van der Waals surface area contributed by atoms with Crippen LogP contribution in [-0.4, -0.2) is 28.9 Å². The summed E-state index contributed by atoms with van der Waals surface area (Å²) in [5.74, 6) is 1.21. The van der Waals surface area contributed by atoms with E-state index in [9.17, 15) is 4.79 Å². The number of nitrogens with zero attached hydrogens (tertiary/aromatic N) is 2. The van der Waals surface area contributed by atoms with Gasteiger partial charge in [0, 0.05) is 31.4 Å². The molecule has 0 unspecified atom stereocenters. The Morgan fingerprint density at radius 1 is 1.32 bits per heavy atom. The van der Waals surface area contributed by atoms with Gasteiger partial charge in [0.25, 0.3) is 0 Å². The molecule has 0 radical (unpaired) electrons. The van der Waals surface area contributed by atoms with Gasteiger partial charge in [0.05, 0.1) is 0 Å². The summed E-state index contributed by atoms with van der Waals surface area (Å²) < 4.78 is 0. The second-order valence-electron chi connectivity index (χ2n) is 5.82. The Bertz CT molecular complexity index is 394. The first-order chi connectivity index (χ1) is 9.16. The van der Waals surface area contributed by atoms with Crippen LogP contribution in [0.5, 0.6) is 0 Å². The topological polar surface area (TPSA) is 33.2 Å². The smallest absolute Gasteiger partial charge is 0.225 e. The van der Waals surface area contributed by atoms with Gasteiger partial charge in [0.1, 0.15) is 0 Å². The minimum absolute atomic E-state index is 0.133. The first-order valence-corrected chi connectivity index (χ1v) is 7.34. The van der Waals surface area contributed by atoms with Gasteiger partial charge in [0.2, 0.25) is 5.91 Å². The SMILES string of the molecule is CC(C)C(=O)N1CCC(CCc2ccncc2)CC1. The average molecular weight is 260 g/mol. The molecule has 19 heavy (non-hydrogen) atoms. The van der Waals surface area contributed by atoms with Gasteiger partial charge in [-0.2, -0.15) is 0 Å². The summed E-state index contributed by atoms with van der Waals surface area (Å²) in [7, 11) is 0. The van der Waals surface area contributed by atoms with Crippen molar-refractivity contribution >= 4 is 5.91 Å². The molecule has 1 fully saturated rings. The molecule has 2 rings (SSSR count). The number of aromatic nitrogens is 1. The lowest BCUT2D eigenvalue weighted by Crippen LogP contribution is -2.40. The van der Waals surface area contributed by atoms with Gasteiger partial charge < -0.3 is 4.90 Å². The van der Waals surface area contributed by atoms with Crippen molar-refractivity contribution in [2.45, 2.75) is 39.5 Å². The lowest BCUT2D eigenvalue weighted by Gasteiger charge is -2.33. The van der Waals surface area contributed by atoms with Crippen molar-refractivity contribution in [3.05, 3.63) is 30.1 Å². The molecule has 1 aromatic heterocycles. The summed E-state index contributed by atoms with van der Waals surface area (Å²) in [6.45, 7) is 5.85. The van der Waals surface area contributed by atoms with E-state index in [0.717, 1.165) is 38.3 Å². The molecular weight excluding hydrogens is 236 g/mol. The fourth-order valence-corrected chi connectivity index (χ4v) is 2.73. The maximum Gasteiger partial charge on any atom is 0.225 e. The van der Waals surface area contributed by atoms with Crippen molar-refractivity contribution < 1.29 is 4.79 Å². The van der Waals surface area contributed by atoms with Gasteiger partial charge in [-0.1, -0.05) is 13.8 Å². The molecule has 0 bridgehead atoms. The molecule has 104 valence electrons. The maximum atomic E-state index is 11.9. The highest BCUT2D eigenvalue weighted by atomic mass is 16.2. The normalized spacial score (nSPS) is 16.9. The number of carbonyl (C=O) groups is 1. The van der Waals surface area contributed by atoms with Crippen molar-refractivity contribution in [3.63, 3.8) is 0 Å². The third-order valence-corrected chi connectivity index (χ3v) is 4.01. The second kappa shape index (κ2) is 6.69. The Balaban J connectivity index is 1.73. The van der Waals surface area contributed by atoms with Crippen LogP contribution in [0.3, 0.4) is 0 Å². The first-order valence-electron chi connectivity index (χ1n) is 7.34. The van der Waals surface area contributed by atoms with Gasteiger partial charge in [-0.15, -0.1) is 0 Å². The molecule has 1 saturated heterocycles. The fraction of sp³-hybridized carbons (Fsp3) is 0.625. The van der Waals surface area contributed by atoms with Crippen LogP contribution in [0.15, 0.2) is 24.5 Å². The summed E-state index contributed by atoms with van der Waals surface area (Å²) in [4.78, 5) is 18.0. The van der Waals surface area contributed by atoms with Crippen molar-refractivity contribution in [3.8, 4) is 0 Å². The largest absolute Gasteiger partial charge is 0.342 e. The molecule has 3 heteroatoms. The number of pyridine rings is 1. The molecule has 0 spiro atoms.